The summed E-state index contributed by atoms with van der Waals surface area (Å²) in [6, 6.07) is 9.26. The fourth-order valence-corrected chi connectivity index (χ4v) is 1.76. The molecule has 2 rings (SSSR count). The Morgan fingerprint density at radius 3 is 2.89 bits per heavy atom. The summed E-state index contributed by atoms with van der Waals surface area (Å²) in [4.78, 5) is 11.4. The van der Waals surface area contributed by atoms with Crippen molar-refractivity contribution in [2.45, 2.75) is 6.54 Å². The van der Waals surface area contributed by atoms with Gasteiger partial charge in [-0.05, 0) is 24.3 Å². The van der Waals surface area contributed by atoms with Crippen LogP contribution in [0, 0.1) is 5.82 Å². The van der Waals surface area contributed by atoms with Gasteiger partial charge in [0, 0.05) is 30.4 Å². The van der Waals surface area contributed by atoms with Gasteiger partial charge in [-0.15, -0.1) is 0 Å². The number of nitrogens with zero attached hydrogens (tertiary/aromatic N) is 1. The number of anilines is 1. The summed E-state index contributed by atoms with van der Waals surface area (Å²) in [6.45, 7) is 0.910. The maximum Gasteiger partial charge on any atom is 0.250 e. The molecule has 0 saturated heterocycles. The third-order valence-corrected chi connectivity index (χ3v) is 2.73. The Morgan fingerprint density at radius 1 is 1.28 bits per heavy atom. The highest BCUT2D eigenvalue weighted by atomic mass is 35.5. The highest BCUT2D eigenvalue weighted by molar-refractivity contribution is 6.30. The summed E-state index contributed by atoms with van der Waals surface area (Å²) in [5.41, 5.74) is 0.261. The molecule has 5 heteroatoms. The highest BCUT2D eigenvalue weighted by Crippen LogP contribution is 2.19. The Bertz CT molecular complexity index is 598. The van der Waals surface area contributed by atoms with Crippen molar-refractivity contribution in [3.8, 4) is 0 Å². The number of pyridine rings is 1. The lowest BCUT2D eigenvalue weighted by Crippen LogP contribution is -2.22. The Kier molecular flexibility index (Phi) is 3.99. The van der Waals surface area contributed by atoms with Gasteiger partial charge >= 0.3 is 0 Å². The van der Waals surface area contributed by atoms with E-state index in [0.717, 1.165) is 0 Å². The normalized spacial score (nSPS) is 10.3. The first-order valence-electron chi connectivity index (χ1n) is 5.51. The van der Waals surface area contributed by atoms with E-state index in [1.165, 1.54) is 24.3 Å². The molecule has 0 aliphatic carbocycles. The Morgan fingerprint density at radius 2 is 2.11 bits per heavy atom. The first-order chi connectivity index (χ1) is 8.66. The van der Waals surface area contributed by atoms with E-state index in [1.807, 2.05) is 0 Å². The van der Waals surface area contributed by atoms with Crippen LogP contribution in [0.4, 0.5) is 10.1 Å². The maximum absolute atomic E-state index is 13.4. The zero-order valence-corrected chi connectivity index (χ0v) is 10.3. The van der Waals surface area contributed by atoms with E-state index in [2.05, 4.69) is 5.32 Å². The Hall–Kier alpha value is -1.81. The van der Waals surface area contributed by atoms with Gasteiger partial charge in [0.15, 0.2) is 0 Å². The standard InChI is InChI=1S/C13H12ClFN2O/c14-10-4-5-11(15)12(9-10)16-6-8-17-7-2-1-3-13(17)18/h1-5,7,9,16H,6,8H2. The molecule has 0 bridgehead atoms. The molecule has 94 valence electrons. The topological polar surface area (TPSA) is 34.0 Å². The van der Waals surface area contributed by atoms with Gasteiger partial charge in [0.2, 0.25) is 0 Å². The van der Waals surface area contributed by atoms with E-state index in [4.69, 9.17) is 11.6 Å². The molecule has 1 aromatic carbocycles. The van der Waals surface area contributed by atoms with Crippen molar-refractivity contribution in [2.24, 2.45) is 0 Å². The minimum Gasteiger partial charge on any atom is -0.381 e. The van der Waals surface area contributed by atoms with E-state index < -0.39 is 0 Å². The number of aromatic nitrogens is 1. The molecule has 0 unspecified atom stereocenters. The lowest BCUT2D eigenvalue weighted by molar-refractivity contribution is 0.626. The predicted molar refractivity (Wildman–Crippen MR) is 70.6 cm³/mol. The predicted octanol–water partition coefficient (Wildman–Crippen LogP) is 2.75. The van der Waals surface area contributed by atoms with Crippen LogP contribution in [0.15, 0.2) is 47.4 Å². The van der Waals surface area contributed by atoms with Crippen LogP contribution >= 0.6 is 11.6 Å². The molecule has 0 aliphatic rings. The molecule has 2 aromatic rings. The van der Waals surface area contributed by atoms with Gasteiger partial charge in [0.1, 0.15) is 5.82 Å². The third-order valence-electron chi connectivity index (χ3n) is 2.50. The number of rotatable bonds is 4. The van der Waals surface area contributed by atoms with Gasteiger partial charge in [0.25, 0.3) is 5.56 Å². The molecule has 0 fully saturated rings. The van der Waals surface area contributed by atoms with Crippen LogP contribution in [0.3, 0.4) is 0 Å². The summed E-state index contributed by atoms with van der Waals surface area (Å²) < 4.78 is 14.9. The van der Waals surface area contributed by atoms with Crippen molar-refractivity contribution in [3.05, 3.63) is 63.8 Å². The largest absolute Gasteiger partial charge is 0.381 e. The fourth-order valence-electron chi connectivity index (χ4n) is 1.59. The molecular formula is C13H12ClFN2O. The summed E-state index contributed by atoms with van der Waals surface area (Å²) in [5, 5.41) is 3.38. The average molecular weight is 267 g/mol. The molecule has 3 nitrogen and oxygen atoms in total. The molecule has 0 spiro atoms. The lowest BCUT2D eigenvalue weighted by Gasteiger charge is -2.09. The van der Waals surface area contributed by atoms with Gasteiger partial charge < -0.3 is 9.88 Å². The molecule has 1 N–H and O–H groups in total. The van der Waals surface area contributed by atoms with E-state index in [-0.39, 0.29) is 11.4 Å². The van der Waals surface area contributed by atoms with E-state index >= 15 is 0 Å². The number of nitrogens with one attached hydrogen (secondary N) is 1. The molecule has 1 heterocycles. The minimum absolute atomic E-state index is 0.0779. The molecule has 0 atom stereocenters. The van der Waals surface area contributed by atoms with Gasteiger partial charge in [-0.3, -0.25) is 4.79 Å². The second kappa shape index (κ2) is 5.69. The smallest absolute Gasteiger partial charge is 0.250 e. The van der Waals surface area contributed by atoms with Crippen LogP contribution in [0.2, 0.25) is 5.02 Å². The molecular weight excluding hydrogens is 255 g/mol. The SMILES string of the molecule is O=c1ccccn1CCNc1cc(Cl)ccc1F. The summed E-state index contributed by atoms with van der Waals surface area (Å²) in [5.74, 6) is -0.361. The van der Waals surface area contributed by atoms with Crippen LogP contribution in [-0.2, 0) is 6.54 Å². The van der Waals surface area contributed by atoms with E-state index in [9.17, 15) is 9.18 Å². The Balaban J connectivity index is 1.99. The zero-order chi connectivity index (χ0) is 13.0. The number of hydrogen-bond acceptors (Lipinski definition) is 2. The molecule has 0 amide bonds. The van der Waals surface area contributed by atoms with Crippen molar-refractivity contribution < 1.29 is 4.39 Å². The van der Waals surface area contributed by atoms with Crippen LogP contribution in [0.5, 0.6) is 0 Å². The third kappa shape index (κ3) is 3.11. The Labute approximate surface area is 109 Å². The van der Waals surface area contributed by atoms with Crippen molar-refractivity contribution in [1.82, 2.24) is 4.57 Å². The number of benzene rings is 1. The van der Waals surface area contributed by atoms with Crippen LogP contribution < -0.4 is 10.9 Å². The number of halogens is 2. The van der Waals surface area contributed by atoms with Crippen molar-refractivity contribution in [3.63, 3.8) is 0 Å². The zero-order valence-electron chi connectivity index (χ0n) is 9.57. The average Bonchev–Trinajstić information content (AvgIpc) is 2.36. The van der Waals surface area contributed by atoms with E-state index in [0.29, 0.717) is 23.8 Å². The summed E-state index contributed by atoms with van der Waals surface area (Å²) >= 11 is 5.78. The quantitative estimate of drug-likeness (QED) is 0.923. The summed E-state index contributed by atoms with van der Waals surface area (Å²) in [6.07, 6.45) is 1.69. The second-order valence-corrected chi connectivity index (χ2v) is 4.22. The first-order valence-corrected chi connectivity index (χ1v) is 5.89. The maximum atomic E-state index is 13.4. The second-order valence-electron chi connectivity index (χ2n) is 3.78. The van der Waals surface area contributed by atoms with Crippen molar-refractivity contribution in [1.29, 1.82) is 0 Å². The highest BCUT2D eigenvalue weighted by Gasteiger charge is 2.02. The van der Waals surface area contributed by atoms with E-state index in [1.54, 1.807) is 22.9 Å². The molecule has 18 heavy (non-hydrogen) atoms. The van der Waals surface area contributed by atoms with Crippen molar-refractivity contribution >= 4 is 17.3 Å². The van der Waals surface area contributed by atoms with Crippen LogP contribution in [0.1, 0.15) is 0 Å². The monoisotopic (exact) mass is 266 g/mol. The summed E-state index contributed by atoms with van der Waals surface area (Å²) in [7, 11) is 0. The van der Waals surface area contributed by atoms with Crippen LogP contribution in [0.25, 0.3) is 0 Å². The molecule has 0 radical (unpaired) electrons. The minimum atomic E-state index is -0.361. The fraction of sp³-hybridized carbons (Fsp3) is 0.154. The number of hydrogen-bond donors (Lipinski definition) is 1. The van der Waals surface area contributed by atoms with Gasteiger partial charge in [-0.2, -0.15) is 0 Å². The van der Waals surface area contributed by atoms with Gasteiger partial charge in [0.05, 0.1) is 5.69 Å². The van der Waals surface area contributed by atoms with Crippen LogP contribution in [-0.4, -0.2) is 11.1 Å². The molecule has 1 aromatic heterocycles. The van der Waals surface area contributed by atoms with Gasteiger partial charge in [-0.1, -0.05) is 17.7 Å². The molecule has 0 saturated carbocycles. The van der Waals surface area contributed by atoms with Crippen molar-refractivity contribution in [2.75, 3.05) is 11.9 Å². The first kappa shape index (κ1) is 12.6. The lowest BCUT2D eigenvalue weighted by atomic mass is 10.3. The van der Waals surface area contributed by atoms with Gasteiger partial charge in [-0.25, -0.2) is 4.39 Å². The molecule has 0 aliphatic heterocycles.